The molecule has 0 unspecified atom stereocenters. The van der Waals surface area contributed by atoms with Gasteiger partial charge in [-0.25, -0.2) is 0 Å². The van der Waals surface area contributed by atoms with Crippen LogP contribution in [0.3, 0.4) is 0 Å². The lowest BCUT2D eigenvalue weighted by Gasteiger charge is -2.35. The average Bonchev–Trinajstić information content (AvgIpc) is 2.57. The maximum Gasteiger partial charge on any atom is 0.306 e. The summed E-state index contributed by atoms with van der Waals surface area (Å²) in [6.07, 6.45) is 9.15. The van der Waals surface area contributed by atoms with Crippen LogP contribution in [0.15, 0.2) is 11.6 Å². The van der Waals surface area contributed by atoms with Crippen molar-refractivity contribution in [2.45, 2.75) is 52.4 Å². The summed E-state index contributed by atoms with van der Waals surface area (Å²) in [4.78, 5) is 11.6. The van der Waals surface area contributed by atoms with Gasteiger partial charge in [-0.2, -0.15) is 0 Å². The first kappa shape index (κ1) is 11.7. The van der Waals surface area contributed by atoms with Crippen molar-refractivity contribution in [3.05, 3.63) is 11.6 Å². The highest BCUT2D eigenvalue weighted by atomic mass is 16.5. The predicted octanol–water partition coefficient (Wildman–Crippen LogP) is 3.47. The van der Waals surface area contributed by atoms with Gasteiger partial charge in [-0.3, -0.25) is 4.79 Å². The molecule has 0 spiro atoms. The molecule has 90 valence electrons. The van der Waals surface area contributed by atoms with Gasteiger partial charge in [-0.05, 0) is 50.4 Å². The van der Waals surface area contributed by atoms with Gasteiger partial charge in [-0.15, -0.1) is 0 Å². The molecule has 0 aromatic heterocycles. The standard InChI is InChI=1S/C14H22O2/c1-3-16-13(15)10-12-8-7-11-6-4-5-9-14(11,12)2/h6,12H,3-5,7-10H2,1-2H3/t12-,14+/m1/s1. The van der Waals surface area contributed by atoms with Gasteiger partial charge in [0.1, 0.15) is 0 Å². The number of carbonyl (C=O) groups is 1. The molecule has 1 fully saturated rings. The summed E-state index contributed by atoms with van der Waals surface area (Å²) in [6, 6.07) is 0. The Bertz CT molecular complexity index is 306. The molecule has 0 N–H and O–H groups in total. The largest absolute Gasteiger partial charge is 0.466 e. The molecule has 2 heteroatoms. The summed E-state index contributed by atoms with van der Waals surface area (Å²) in [5.41, 5.74) is 1.90. The Labute approximate surface area is 98.1 Å². The molecule has 0 saturated heterocycles. The highest BCUT2D eigenvalue weighted by Crippen LogP contribution is 2.54. The van der Waals surface area contributed by atoms with E-state index in [1.807, 2.05) is 6.92 Å². The molecule has 2 atom stereocenters. The van der Waals surface area contributed by atoms with Crippen LogP contribution in [0, 0.1) is 11.3 Å². The number of ether oxygens (including phenoxy) is 1. The molecule has 0 bridgehead atoms. The van der Waals surface area contributed by atoms with Crippen LogP contribution < -0.4 is 0 Å². The molecule has 0 aliphatic heterocycles. The number of allylic oxidation sites excluding steroid dienone is 2. The van der Waals surface area contributed by atoms with Gasteiger partial charge in [0.2, 0.25) is 0 Å². The molecule has 0 radical (unpaired) electrons. The van der Waals surface area contributed by atoms with Crippen molar-refractivity contribution in [1.82, 2.24) is 0 Å². The second kappa shape index (κ2) is 4.60. The third-order valence-electron chi connectivity index (χ3n) is 4.41. The van der Waals surface area contributed by atoms with E-state index >= 15 is 0 Å². The molecular weight excluding hydrogens is 200 g/mol. The zero-order valence-corrected chi connectivity index (χ0v) is 10.4. The van der Waals surface area contributed by atoms with Crippen molar-refractivity contribution in [2.24, 2.45) is 11.3 Å². The van der Waals surface area contributed by atoms with Crippen LogP contribution in [0.1, 0.15) is 52.4 Å². The Hall–Kier alpha value is -0.790. The number of fused-ring (bicyclic) bond motifs is 1. The lowest BCUT2D eigenvalue weighted by Crippen LogP contribution is -2.27. The van der Waals surface area contributed by atoms with E-state index < -0.39 is 0 Å². The third kappa shape index (κ3) is 2.02. The van der Waals surface area contributed by atoms with Crippen LogP contribution in [0.2, 0.25) is 0 Å². The fourth-order valence-corrected chi connectivity index (χ4v) is 3.39. The Kier molecular flexibility index (Phi) is 3.36. The summed E-state index contributed by atoms with van der Waals surface area (Å²) in [5.74, 6) is 0.499. The summed E-state index contributed by atoms with van der Waals surface area (Å²) in [6.45, 7) is 4.72. The van der Waals surface area contributed by atoms with E-state index in [0.29, 0.717) is 24.4 Å². The first-order valence-electron chi connectivity index (χ1n) is 6.52. The van der Waals surface area contributed by atoms with E-state index in [-0.39, 0.29) is 5.97 Å². The molecule has 2 aliphatic rings. The Morgan fingerprint density at radius 2 is 2.44 bits per heavy atom. The Morgan fingerprint density at radius 1 is 1.62 bits per heavy atom. The van der Waals surface area contributed by atoms with Crippen molar-refractivity contribution in [1.29, 1.82) is 0 Å². The van der Waals surface area contributed by atoms with E-state index in [0.717, 1.165) is 0 Å². The van der Waals surface area contributed by atoms with Gasteiger partial charge in [0, 0.05) is 6.42 Å². The minimum Gasteiger partial charge on any atom is -0.466 e. The molecule has 0 heterocycles. The van der Waals surface area contributed by atoms with Gasteiger partial charge >= 0.3 is 5.97 Å². The van der Waals surface area contributed by atoms with Crippen molar-refractivity contribution >= 4 is 5.97 Å². The van der Waals surface area contributed by atoms with Crippen LogP contribution in [0.25, 0.3) is 0 Å². The van der Waals surface area contributed by atoms with Crippen LogP contribution in [-0.4, -0.2) is 12.6 Å². The SMILES string of the molecule is CCOC(=O)C[C@H]1CCC2=CCCC[C@@]21C. The molecule has 2 aliphatic carbocycles. The number of rotatable bonds is 3. The van der Waals surface area contributed by atoms with Crippen molar-refractivity contribution in [2.75, 3.05) is 6.61 Å². The fourth-order valence-electron chi connectivity index (χ4n) is 3.39. The number of esters is 1. The van der Waals surface area contributed by atoms with Crippen molar-refractivity contribution in [3.63, 3.8) is 0 Å². The molecule has 16 heavy (non-hydrogen) atoms. The molecule has 0 aromatic carbocycles. The predicted molar refractivity (Wildman–Crippen MR) is 64.0 cm³/mol. The summed E-state index contributed by atoms with van der Waals surface area (Å²) in [5, 5.41) is 0. The topological polar surface area (TPSA) is 26.3 Å². The zero-order chi connectivity index (χ0) is 11.6. The molecule has 2 rings (SSSR count). The number of carbonyl (C=O) groups excluding carboxylic acids is 1. The highest BCUT2D eigenvalue weighted by Gasteiger charge is 2.43. The molecule has 0 amide bonds. The monoisotopic (exact) mass is 222 g/mol. The average molecular weight is 222 g/mol. The highest BCUT2D eigenvalue weighted by molar-refractivity contribution is 5.70. The minimum absolute atomic E-state index is 0.0134. The van der Waals surface area contributed by atoms with Gasteiger partial charge in [0.25, 0.3) is 0 Å². The van der Waals surface area contributed by atoms with Crippen molar-refractivity contribution < 1.29 is 9.53 Å². The Morgan fingerprint density at radius 3 is 3.19 bits per heavy atom. The summed E-state index contributed by atoms with van der Waals surface area (Å²) >= 11 is 0. The quantitative estimate of drug-likeness (QED) is 0.540. The number of hydrogen-bond donors (Lipinski definition) is 0. The van der Waals surface area contributed by atoms with Crippen LogP contribution in [0.5, 0.6) is 0 Å². The van der Waals surface area contributed by atoms with E-state index in [1.165, 1.54) is 32.1 Å². The molecular formula is C14H22O2. The summed E-state index contributed by atoms with van der Waals surface area (Å²) < 4.78 is 5.07. The van der Waals surface area contributed by atoms with E-state index in [1.54, 1.807) is 5.57 Å². The fraction of sp³-hybridized carbons (Fsp3) is 0.786. The van der Waals surface area contributed by atoms with E-state index in [4.69, 9.17) is 4.74 Å². The van der Waals surface area contributed by atoms with Gasteiger partial charge in [-0.1, -0.05) is 18.6 Å². The maximum absolute atomic E-state index is 11.6. The third-order valence-corrected chi connectivity index (χ3v) is 4.41. The van der Waals surface area contributed by atoms with Gasteiger partial charge in [0.05, 0.1) is 6.61 Å². The first-order valence-corrected chi connectivity index (χ1v) is 6.52. The van der Waals surface area contributed by atoms with Gasteiger partial charge in [0.15, 0.2) is 0 Å². The normalized spacial score (nSPS) is 33.1. The second-order valence-electron chi connectivity index (χ2n) is 5.28. The maximum atomic E-state index is 11.6. The van der Waals surface area contributed by atoms with E-state index in [2.05, 4.69) is 13.0 Å². The van der Waals surface area contributed by atoms with Crippen molar-refractivity contribution in [3.8, 4) is 0 Å². The van der Waals surface area contributed by atoms with E-state index in [9.17, 15) is 4.79 Å². The zero-order valence-electron chi connectivity index (χ0n) is 10.4. The molecule has 1 saturated carbocycles. The number of hydrogen-bond acceptors (Lipinski definition) is 2. The lowest BCUT2D eigenvalue weighted by atomic mass is 9.69. The van der Waals surface area contributed by atoms with Crippen LogP contribution in [-0.2, 0) is 9.53 Å². The molecule has 2 nitrogen and oxygen atoms in total. The summed E-state index contributed by atoms with van der Waals surface area (Å²) in [7, 11) is 0. The van der Waals surface area contributed by atoms with Crippen LogP contribution >= 0.6 is 0 Å². The minimum atomic E-state index is -0.0134. The smallest absolute Gasteiger partial charge is 0.306 e. The van der Waals surface area contributed by atoms with Gasteiger partial charge < -0.3 is 4.74 Å². The van der Waals surface area contributed by atoms with Crippen LogP contribution in [0.4, 0.5) is 0 Å². The first-order chi connectivity index (χ1) is 7.66. The lowest BCUT2D eigenvalue weighted by molar-refractivity contribution is -0.145. The molecule has 0 aromatic rings. The Balaban J connectivity index is 2.04. The second-order valence-corrected chi connectivity index (χ2v) is 5.28.